The Morgan fingerprint density at radius 2 is 2.07 bits per heavy atom. The number of nitrogens with zero attached hydrogens (tertiary/aromatic N) is 1. The third-order valence-corrected chi connectivity index (χ3v) is 2.04. The van der Waals surface area contributed by atoms with E-state index in [1.165, 1.54) is 6.07 Å². The molecule has 1 aromatic rings. The number of hydrogen-bond acceptors (Lipinski definition) is 4. The minimum Gasteiger partial charge on any atom is -0.491 e. The molecule has 5 nitrogen and oxygen atoms in total. The van der Waals surface area contributed by atoms with Gasteiger partial charge in [-0.3, -0.25) is 10.1 Å². The molecule has 0 atom stereocenters. The van der Waals surface area contributed by atoms with Gasteiger partial charge in [-0.25, -0.2) is 0 Å². The predicted molar refractivity (Wildman–Crippen MR) is 55.2 cm³/mol. The molecule has 5 heteroatoms. The summed E-state index contributed by atoms with van der Waals surface area (Å²) in [6, 6.07) is 3.09. The second kappa shape index (κ2) is 4.75. The normalized spacial score (nSPS) is 10.1. The molecule has 0 radical (unpaired) electrons. The van der Waals surface area contributed by atoms with Crippen molar-refractivity contribution in [2.24, 2.45) is 0 Å². The van der Waals surface area contributed by atoms with E-state index in [0.717, 1.165) is 5.56 Å². The van der Waals surface area contributed by atoms with Crippen LogP contribution in [0.25, 0.3) is 0 Å². The van der Waals surface area contributed by atoms with E-state index in [1.54, 1.807) is 13.0 Å². The van der Waals surface area contributed by atoms with Crippen molar-refractivity contribution >= 4 is 5.69 Å². The zero-order valence-corrected chi connectivity index (χ0v) is 8.69. The van der Waals surface area contributed by atoms with Gasteiger partial charge in [0.05, 0.1) is 17.6 Å². The molecule has 0 heterocycles. The van der Waals surface area contributed by atoms with Crippen LogP contribution in [0, 0.1) is 24.0 Å². The van der Waals surface area contributed by atoms with Crippen LogP contribution in [0.2, 0.25) is 0 Å². The highest BCUT2D eigenvalue weighted by atomic mass is 16.6. The summed E-state index contributed by atoms with van der Waals surface area (Å²) in [6.45, 7) is 3.52. The van der Waals surface area contributed by atoms with Gasteiger partial charge in [0.2, 0.25) is 0 Å². The summed E-state index contributed by atoms with van der Waals surface area (Å²) in [5.74, 6) is 0.446. The number of benzene rings is 1. The number of aryl methyl sites for hydroxylation is 2. The summed E-state index contributed by atoms with van der Waals surface area (Å²) < 4.78 is 5.18. The molecule has 0 aliphatic carbocycles. The standard InChI is InChI=1S/C10H13NO4/c1-7-5-8(2)10(15-4-3-12)6-9(7)11(13)14/h5-6,12H,3-4H2,1-2H3. The van der Waals surface area contributed by atoms with Crippen molar-refractivity contribution in [3.63, 3.8) is 0 Å². The van der Waals surface area contributed by atoms with E-state index in [9.17, 15) is 10.1 Å². The smallest absolute Gasteiger partial charge is 0.276 e. The highest BCUT2D eigenvalue weighted by Crippen LogP contribution is 2.27. The van der Waals surface area contributed by atoms with E-state index in [0.29, 0.717) is 11.3 Å². The highest BCUT2D eigenvalue weighted by molar-refractivity contribution is 5.49. The summed E-state index contributed by atoms with van der Waals surface area (Å²) in [5, 5.41) is 19.3. The molecule has 0 amide bonds. The van der Waals surface area contributed by atoms with Crippen LogP contribution < -0.4 is 4.74 Å². The number of ether oxygens (including phenoxy) is 1. The fourth-order valence-electron chi connectivity index (χ4n) is 1.33. The van der Waals surface area contributed by atoms with E-state index in [2.05, 4.69) is 0 Å². The molecule has 0 aliphatic heterocycles. The Morgan fingerprint density at radius 1 is 1.40 bits per heavy atom. The maximum atomic E-state index is 10.7. The molecule has 0 spiro atoms. The van der Waals surface area contributed by atoms with Gasteiger partial charge in [0.1, 0.15) is 12.4 Å². The molecule has 1 N–H and O–H groups in total. The SMILES string of the molecule is Cc1cc(C)c([N+](=O)[O-])cc1OCCO. The van der Waals surface area contributed by atoms with Crippen molar-refractivity contribution in [3.05, 3.63) is 33.4 Å². The van der Waals surface area contributed by atoms with Crippen LogP contribution in [0.4, 0.5) is 5.69 Å². The molecule has 0 aliphatic rings. The maximum absolute atomic E-state index is 10.7. The lowest BCUT2D eigenvalue weighted by Gasteiger charge is -2.08. The largest absolute Gasteiger partial charge is 0.491 e. The first-order valence-corrected chi connectivity index (χ1v) is 4.55. The minimum atomic E-state index is -0.444. The molecule has 15 heavy (non-hydrogen) atoms. The van der Waals surface area contributed by atoms with Gasteiger partial charge in [-0.15, -0.1) is 0 Å². The van der Waals surface area contributed by atoms with Gasteiger partial charge in [-0.2, -0.15) is 0 Å². The minimum absolute atomic E-state index is 0.0357. The van der Waals surface area contributed by atoms with Crippen LogP contribution in [-0.4, -0.2) is 23.2 Å². The Morgan fingerprint density at radius 3 is 2.60 bits per heavy atom. The first-order valence-electron chi connectivity index (χ1n) is 4.55. The van der Waals surface area contributed by atoms with Gasteiger partial charge in [-0.05, 0) is 25.5 Å². The molecule has 0 aromatic heterocycles. The van der Waals surface area contributed by atoms with E-state index < -0.39 is 4.92 Å². The molecular weight excluding hydrogens is 198 g/mol. The van der Waals surface area contributed by atoms with E-state index in [-0.39, 0.29) is 18.9 Å². The Balaban J connectivity index is 3.06. The van der Waals surface area contributed by atoms with Crippen LogP contribution in [0.15, 0.2) is 12.1 Å². The van der Waals surface area contributed by atoms with Gasteiger partial charge >= 0.3 is 0 Å². The van der Waals surface area contributed by atoms with Crippen LogP contribution in [0.1, 0.15) is 11.1 Å². The number of aliphatic hydroxyl groups excluding tert-OH is 1. The quantitative estimate of drug-likeness (QED) is 0.606. The van der Waals surface area contributed by atoms with Gasteiger partial charge in [0.15, 0.2) is 0 Å². The van der Waals surface area contributed by atoms with Gasteiger partial charge in [0, 0.05) is 5.56 Å². The second-order valence-corrected chi connectivity index (χ2v) is 3.23. The lowest BCUT2D eigenvalue weighted by Crippen LogP contribution is -2.04. The first-order chi connectivity index (χ1) is 7.06. The van der Waals surface area contributed by atoms with Crippen molar-refractivity contribution < 1.29 is 14.8 Å². The van der Waals surface area contributed by atoms with Crippen molar-refractivity contribution in [3.8, 4) is 5.75 Å². The maximum Gasteiger partial charge on any atom is 0.276 e. The molecule has 82 valence electrons. The lowest BCUT2D eigenvalue weighted by atomic mass is 10.1. The third-order valence-electron chi connectivity index (χ3n) is 2.04. The van der Waals surface area contributed by atoms with Gasteiger partial charge in [0.25, 0.3) is 5.69 Å². The zero-order chi connectivity index (χ0) is 11.4. The van der Waals surface area contributed by atoms with Crippen molar-refractivity contribution in [1.82, 2.24) is 0 Å². The summed E-state index contributed by atoms with van der Waals surface area (Å²) >= 11 is 0. The van der Waals surface area contributed by atoms with Crippen LogP contribution in [-0.2, 0) is 0 Å². The first kappa shape index (κ1) is 11.5. The Bertz CT molecular complexity index is 376. The summed E-state index contributed by atoms with van der Waals surface area (Å²) in [5.41, 5.74) is 1.47. The average molecular weight is 211 g/mol. The van der Waals surface area contributed by atoms with Crippen LogP contribution in [0.5, 0.6) is 5.75 Å². The number of aliphatic hydroxyl groups is 1. The fraction of sp³-hybridized carbons (Fsp3) is 0.400. The van der Waals surface area contributed by atoms with E-state index >= 15 is 0 Å². The highest BCUT2D eigenvalue weighted by Gasteiger charge is 2.14. The van der Waals surface area contributed by atoms with Crippen molar-refractivity contribution in [2.75, 3.05) is 13.2 Å². The summed E-state index contributed by atoms with van der Waals surface area (Å²) in [4.78, 5) is 10.2. The molecule has 0 saturated carbocycles. The number of nitro benzene ring substituents is 1. The number of rotatable bonds is 4. The summed E-state index contributed by atoms with van der Waals surface area (Å²) in [6.07, 6.45) is 0. The lowest BCUT2D eigenvalue weighted by molar-refractivity contribution is -0.385. The van der Waals surface area contributed by atoms with E-state index in [1.807, 2.05) is 6.92 Å². The Labute approximate surface area is 87.5 Å². The number of hydrogen-bond donors (Lipinski definition) is 1. The zero-order valence-electron chi connectivity index (χ0n) is 8.69. The monoisotopic (exact) mass is 211 g/mol. The van der Waals surface area contributed by atoms with Crippen molar-refractivity contribution in [1.29, 1.82) is 0 Å². The van der Waals surface area contributed by atoms with Gasteiger partial charge in [-0.1, -0.05) is 0 Å². The third kappa shape index (κ3) is 2.66. The molecule has 0 fully saturated rings. The molecule has 1 aromatic carbocycles. The fourth-order valence-corrected chi connectivity index (χ4v) is 1.33. The predicted octanol–water partition coefficient (Wildman–Crippen LogP) is 1.58. The molecule has 0 saturated heterocycles. The molecule has 1 rings (SSSR count). The topological polar surface area (TPSA) is 72.6 Å². The van der Waals surface area contributed by atoms with Crippen LogP contribution >= 0.6 is 0 Å². The number of nitro groups is 1. The Kier molecular flexibility index (Phi) is 3.62. The van der Waals surface area contributed by atoms with E-state index in [4.69, 9.17) is 9.84 Å². The van der Waals surface area contributed by atoms with Crippen LogP contribution in [0.3, 0.4) is 0 Å². The van der Waals surface area contributed by atoms with Crippen molar-refractivity contribution in [2.45, 2.75) is 13.8 Å². The second-order valence-electron chi connectivity index (χ2n) is 3.23. The molecule has 0 bridgehead atoms. The molecule has 0 unspecified atom stereocenters. The molecular formula is C10H13NO4. The van der Waals surface area contributed by atoms with Gasteiger partial charge < -0.3 is 9.84 Å². The Hall–Kier alpha value is -1.62. The summed E-state index contributed by atoms with van der Waals surface area (Å²) in [7, 11) is 0. The average Bonchev–Trinajstić information content (AvgIpc) is 2.16.